The van der Waals surface area contributed by atoms with Gasteiger partial charge in [-0.1, -0.05) is 30.9 Å². The topological polar surface area (TPSA) is 20.2 Å². The zero-order valence-electron chi connectivity index (χ0n) is 11.1. The Morgan fingerprint density at radius 3 is 2.62 bits per heavy atom. The van der Waals surface area contributed by atoms with E-state index in [9.17, 15) is 5.11 Å². The molecule has 0 fully saturated rings. The molecule has 0 amide bonds. The summed E-state index contributed by atoms with van der Waals surface area (Å²) < 4.78 is 0. The Bertz CT molecular complexity index is 326. The van der Waals surface area contributed by atoms with Crippen LogP contribution in [0.15, 0.2) is 11.1 Å². The molecule has 1 N–H and O–H groups in total. The second-order valence-corrected chi connectivity index (χ2v) is 5.91. The molecule has 1 aliphatic rings. The van der Waals surface area contributed by atoms with Gasteiger partial charge in [-0.05, 0) is 51.4 Å². The van der Waals surface area contributed by atoms with Crippen molar-refractivity contribution >= 4 is 0 Å². The molecule has 0 aromatic heterocycles. The summed E-state index contributed by atoms with van der Waals surface area (Å²) in [5.41, 5.74) is 2.34. The minimum absolute atomic E-state index is 0.285. The van der Waals surface area contributed by atoms with Gasteiger partial charge in [0.15, 0.2) is 0 Å². The minimum atomic E-state index is -0.958. The van der Waals surface area contributed by atoms with Gasteiger partial charge in [-0.25, -0.2) is 0 Å². The van der Waals surface area contributed by atoms with Crippen LogP contribution in [0.1, 0.15) is 59.8 Å². The summed E-state index contributed by atoms with van der Waals surface area (Å²) in [5, 5.41) is 9.85. The summed E-state index contributed by atoms with van der Waals surface area (Å²) in [6, 6.07) is 0. The molecule has 1 heteroatoms. The van der Waals surface area contributed by atoms with Gasteiger partial charge in [0.1, 0.15) is 5.60 Å². The monoisotopic (exact) mass is 220 g/mol. The molecule has 90 valence electrons. The summed E-state index contributed by atoms with van der Waals surface area (Å²) in [7, 11) is 0. The Balaban J connectivity index is 2.76. The highest BCUT2D eigenvalue weighted by atomic mass is 16.3. The molecule has 0 bridgehead atoms. The lowest BCUT2D eigenvalue weighted by Gasteiger charge is -2.35. The van der Waals surface area contributed by atoms with Crippen molar-refractivity contribution < 1.29 is 5.11 Å². The van der Waals surface area contributed by atoms with Crippen molar-refractivity contribution in [2.75, 3.05) is 0 Å². The quantitative estimate of drug-likeness (QED) is 0.568. The molecule has 0 aromatic carbocycles. The van der Waals surface area contributed by atoms with Crippen LogP contribution < -0.4 is 0 Å². The zero-order valence-corrected chi connectivity index (χ0v) is 11.1. The number of rotatable bonds is 3. The van der Waals surface area contributed by atoms with E-state index in [1.165, 1.54) is 30.4 Å². The van der Waals surface area contributed by atoms with Gasteiger partial charge in [-0.2, -0.15) is 0 Å². The molecule has 0 unspecified atom stereocenters. The molecule has 0 saturated heterocycles. The maximum Gasteiger partial charge on any atom is 0.122 e. The van der Waals surface area contributed by atoms with E-state index in [4.69, 9.17) is 6.42 Å². The number of terminal acetylenes is 1. The highest BCUT2D eigenvalue weighted by molar-refractivity contribution is 5.23. The first-order valence-corrected chi connectivity index (χ1v) is 6.18. The summed E-state index contributed by atoms with van der Waals surface area (Å²) >= 11 is 0. The highest BCUT2D eigenvalue weighted by Crippen LogP contribution is 2.42. The van der Waals surface area contributed by atoms with E-state index in [1.54, 1.807) is 6.92 Å². The summed E-state index contributed by atoms with van der Waals surface area (Å²) in [6.07, 6.45) is 10.6. The molecule has 0 spiro atoms. The van der Waals surface area contributed by atoms with Gasteiger partial charge in [-0.3, -0.25) is 0 Å². The third-order valence-electron chi connectivity index (χ3n) is 3.86. The van der Waals surface area contributed by atoms with Crippen LogP contribution in [0.5, 0.6) is 0 Å². The molecule has 1 aliphatic carbocycles. The average Bonchev–Trinajstić information content (AvgIpc) is 2.16. The van der Waals surface area contributed by atoms with Gasteiger partial charge in [0.2, 0.25) is 0 Å². The van der Waals surface area contributed by atoms with E-state index in [2.05, 4.69) is 26.7 Å². The van der Waals surface area contributed by atoms with E-state index in [0.29, 0.717) is 6.42 Å². The average molecular weight is 220 g/mol. The standard InChI is InChI=1S/C15H24O/c1-6-15(5,16)11-9-13-12(2)8-7-10-14(13,3)4/h1,16H,7-11H2,2-5H3/t15-/m1/s1. The second-order valence-electron chi connectivity index (χ2n) is 5.91. The molecule has 0 aliphatic heterocycles. The smallest absolute Gasteiger partial charge is 0.122 e. The number of hydrogen-bond acceptors (Lipinski definition) is 1. The van der Waals surface area contributed by atoms with E-state index in [0.717, 1.165) is 6.42 Å². The Hall–Kier alpha value is -0.740. The van der Waals surface area contributed by atoms with Crippen LogP contribution >= 0.6 is 0 Å². The van der Waals surface area contributed by atoms with Crippen molar-refractivity contribution in [1.82, 2.24) is 0 Å². The van der Waals surface area contributed by atoms with Crippen molar-refractivity contribution in [3.63, 3.8) is 0 Å². The first-order chi connectivity index (χ1) is 7.28. The Kier molecular flexibility index (Phi) is 3.86. The molecular formula is C15H24O. The molecule has 16 heavy (non-hydrogen) atoms. The first kappa shape index (κ1) is 13.3. The molecule has 0 saturated carbocycles. The van der Waals surface area contributed by atoms with E-state index < -0.39 is 5.60 Å². The van der Waals surface area contributed by atoms with Gasteiger partial charge in [-0.15, -0.1) is 6.42 Å². The Morgan fingerprint density at radius 2 is 2.12 bits per heavy atom. The fourth-order valence-electron chi connectivity index (χ4n) is 2.67. The second kappa shape index (κ2) is 4.63. The van der Waals surface area contributed by atoms with Gasteiger partial charge in [0, 0.05) is 0 Å². The zero-order chi connectivity index (χ0) is 12.4. The number of allylic oxidation sites excluding steroid dienone is 2. The van der Waals surface area contributed by atoms with Crippen LogP contribution in [-0.2, 0) is 0 Å². The van der Waals surface area contributed by atoms with Crippen LogP contribution in [-0.4, -0.2) is 10.7 Å². The fourth-order valence-corrected chi connectivity index (χ4v) is 2.67. The summed E-state index contributed by atoms with van der Waals surface area (Å²) in [6.45, 7) is 8.55. The predicted molar refractivity (Wildman–Crippen MR) is 69.0 cm³/mol. The predicted octanol–water partition coefficient (Wildman–Crippen LogP) is 3.68. The molecule has 1 nitrogen and oxygen atoms in total. The molecular weight excluding hydrogens is 196 g/mol. The van der Waals surface area contributed by atoms with E-state index in [-0.39, 0.29) is 5.41 Å². The summed E-state index contributed by atoms with van der Waals surface area (Å²) in [5.74, 6) is 2.46. The lowest BCUT2D eigenvalue weighted by atomic mass is 9.70. The van der Waals surface area contributed by atoms with Crippen molar-refractivity contribution in [1.29, 1.82) is 0 Å². The van der Waals surface area contributed by atoms with Crippen molar-refractivity contribution in [2.45, 2.75) is 65.4 Å². The highest BCUT2D eigenvalue weighted by Gasteiger charge is 2.29. The summed E-state index contributed by atoms with van der Waals surface area (Å²) in [4.78, 5) is 0. The van der Waals surface area contributed by atoms with Crippen LogP contribution in [0.25, 0.3) is 0 Å². The third kappa shape index (κ3) is 3.12. The molecule has 1 rings (SSSR count). The normalized spacial score (nSPS) is 23.8. The maximum absolute atomic E-state index is 9.85. The number of aliphatic hydroxyl groups is 1. The maximum atomic E-state index is 9.85. The minimum Gasteiger partial charge on any atom is -0.378 e. The van der Waals surface area contributed by atoms with Gasteiger partial charge in [0.25, 0.3) is 0 Å². The van der Waals surface area contributed by atoms with Crippen molar-refractivity contribution in [2.24, 2.45) is 5.41 Å². The van der Waals surface area contributed by atoms with Crippen molar-refractivity contribution in [3.05, 3.63) is 11.1 Å². The van der Waals surface area contributed by atoms with Gasteiger partial charge >= 0.3 is 0 Å². The Morgan fingerprint density at radius 1 is 1.50 bits per heavy atom. The van der Waals surface area contributed by atoms with E-state index >= 15 is 0 Å². The SMILES string of the molecule is C#C[C@@](C)(O)CCC1=C(C)CCCC1(C)C. The van der Waals surface area contributed by atoms with Gasteiger partial charge < -0.3 is 5.11 Å². The Labute approximate surface area is 99.9 Å². The van der Waals surface area contributed by atoms with Crippen LogP contribution in [0.2, 0.25) is 0 Å². The van der Waals surface area contributed by atoms with Crippen molar-refractivity contribution in [3.8, 4) is 12.3 Å². The molecule has 0 heterocycles. The molecule has 0 aromatic rings. The van der Waals surface area contributed by atoms with E-state index in [1.807, 2.05) is 0 Å². The van der Waals surface area contributed by atoms with Crippen LogP contribution in [0, 0.1) is 17.8 Å². The molecule has 0 radical (unpaired) electrons. The lowest BCUT2D eigenvalue weighted by Crippen LogP contribution is -2.25. The van der Waals surface area contributed by atoms with Crippen LogP contribution in [0.4, 0.5) is 0 Å². The third-order valence-corrected chi connectivity index (χ3v) is 3.86. The largest absolute Gasteiger partial charge is 0.378 e. The fraction of sp³-hybridized carbons (Fsp3) is 0.733. The first-order valence-electron chi connectivity index (χ1n) is 6.18. The molecule has 1 atom stereocenters. The van der Waals surface area contributed by atoms with Crippen LogP contribution in [0.3, 0.4) is 0 Å². The number of hydrogen-bond donors (Lipinski definition) is 1. The lowest BCUT2D eigenvalue weighted by molar-refractivity contribution is 0.110. The van der Waals surface area contributed by atoms with Gasteiger partial charge in [0.05, 0.1) is 0 Å².